The molecule has 1 fully saturated rings. The lowest BCUT2D eigenvalue weighted by molar-refractivity contribution is -0.137. The molecule has 6 heteroatoms. The van der Waals surface area contributed by atoms with E-state index in [1.165, 1.54) is 12.1 Å². The molecule has 2 rings (SSSR count). The number of ether oxygens (including phenoxy) is 2. The quantitative estimate of drug-likeness (QED) is 0.930. The maximum Gasteiger partial charge on any atom is 0.416 e. The standard InChI is InChI=1S/C15H20F3NO2/c1-20-14(6-8-21-9-7-14)13(19)10-11-2-4-12(5-3-11)15(16,17)18/h2-5,13H,6-10,19H2,1H3. The van der Waals surface area contributed by atoms with Gasteiger partial charge in [0, 0.05) is 39.2 Å². The topological polar surface area (TPSA) is 44.5 Å². The molecule has 2 N–H and O–H groups in total. The highest BCUT2D eigenvalue weighted by Crippen LogP contribution is 2.31. The highest BCUT2D eigenvalue weighted by molar-refractivity contribution is 5.25. The Morgan fingerprint density at radius 3 is 2.29 bits per heavy atom. The van der Waals surface area contributed by atoms with E-state index in [0.717, 1.165) is 17.7 Å². The molecule has 0 radical (unpaired) electrons. The number of nitrogens with two attached hydrogens (primary N) is 1. The van der Waals surface area contributed by atoms with Crippen molar-refractivity contribution in [3.8, 4) is 0 Å². The van der Waals surface area contributed by atoms with Crippen LogP contribution >= 0.6 is 0 Å². The number of halogens is 3. The Morgan fingerprint density at radius 1 is 1.24 bits per heavy atom. The van der Waals surface area contributed by atoms with Crippen molar-refractivity contribution in [3.63, 3.8) is 0 Å². The second-order valence-corrected chi connectivity index (χ2v) is 5.39. The van der Waals surface area contributed by atoms with Crippen molar-refractivity contribution in [2.45, 2.75) is 37.1 Å². The van der Waals surface area contributed by atoms with Crippen molar-refractivity contribution >= 4 is 0 Å². The first kappa shape index (κ1) is 16.3. The summed E-state index contributed by atoms with van der Waals surface area (Å²) in [5.74, 6) is 0. The van der Waals surface area contributed by atoms with Crippen molar-refractivity contribution < 1.29 is 22.6 Å². The Hall–Kier alpha value is -1.11. The fraction of sp³-hybridized carbons (Fsp3) is 0.600. The Balaban J connectivity index is 2.06. The Kier molecular flexibility index (Phi) is 4.91. The molecule has 1 unspecified atom stereocenters. The minimum absolute atomic E-state index is 0.275. The maximum absolute atomic E-state index is 12.5. The van der Waals surface area contributed by atoms with E-state index in [1.54, 1.807) is 7.11 Å². The van der Waals surface area contributed by atoms with E-state index >= 15 is 0 Å². The molecule has 1 aromatic rings. The molecule has 1 saturated heterocycles. The van der Waals surface area contributed by atoms with Crippen LogP contribution in [0.15, 0.2) is 24.3 Å². The Labute approximate surface area is 122 Å². The van der Waals surface area contributed by atoms with Crippen LogP contribution in [-0.2, 0) is 22.1 Å². The molecule has 0 spiro atoms. The zero-order chi connectivity index (χ0) is 15.5. The molecule has 0 bridgehead atoms. The fourth-order valence-corrected chi connectivity index (χ4v) is 2.71. The molecule has 0 amide bonds. The summed E-state index contributed by atoms with van der Waals surface area (Å²) in [5.41, 5.74) is 5.92. The molecule has 0 aliphatic carbocycles. The van der Waals surface area contributed by atoms with E-state index in [4.69, 9.17) is 15.2 Å². The normalized spacial score (nSPS) is 20.2. The smallest absolute Gasteiger partial charge is 0.381 e. The average molecular weight is 303 g/mol. The van der Waals surface area contributed by atoms with Gasteiger partial charge in [0.15, 0.2) is 0 Å². The second-order valence-electron chi connectivity index (χ2n) is 5.39. The van der Waals surface area contributed by atoms with Crippen LogP contribution in [0.2, 0.25) is 0 Å². The number of benzene rings is 1. The number of methoxy groups -OCH3 is 1. The largest absolute Gasteiger partial charge is 0.416 e. The Morgan fingerprint density at radius 2 is 1.81 bits per heavy atom. The third-order valence-corrected chi connectivity index (χ3v) is 4.16. The minimum atomic E-state index is -4.31. The van der Waals surface area contributed by atoms with Crippen LogP contribution in [0.25, 0.3) is 0 Å². The molecule has 1 aromatic carbocycles. The number of hydrogen-bond acceptors (Lipinski definition) is 3. The highest BCUT2D eigenvalue weighted by Gasteiger charge is 2.38. The van der Waals surface area contributed by atoms with Gasteiger partial charge in [-0.3, -0.25) is 0 Å². The molecule has 1 aliphatic rings. The summed E-state index contributed by atoms with van der Waals surface area (Å²) in [7, 11) is 1.62. The summed E-state index contributed by atoms with van der Waals surface area (Å²) in [6, 6.07) is 4.86. The molecule has 118 valence electrons. The molecule has 0 aromatic heterocycles. The molecular formula is C15H20F3NO2. The monoisotopic (exact) mass is 303 g/mol. The summed E-state index contributed by atoms with van der Waals surface area (Å²) in [6.07, 6.45) is -2.43. The zero-order valence-electron chi connectivity index (χ0n) is 12.0. The molecule has 21 heavy (non-hydrogen) atoms. The van der Waals surface area contributed by atoms with E-state index in [9.17, 15) is 13.2 Å². The molecule has 1 aliphatic heterocycles. The third-order valence-electron chi connectivity index (χ3n) is 4.16. The van der Waals surface area contributed by atoms with Gasteiger partial charge in [0.2, 0.25) is 0 Å². The van der Waals surface area contributed by atoms with Gasteiger partial charge in [-0.2, -0.15) is 13.2 Å². The second kappa shape index (κ2) is 6.34. The summed E-state index contributed by atoms with van der Waals surface area (Å²) in [4.78, 5) is 0. The van der Waals surface area contributed by atoms with Gasteiger partial charge in [0.1, 0.15) is 0 Å². The van der Waals surface area contributed by atoms with Crippen LogP contribution in [-0.4, -0.2) is 32.0 Å². The summed E-state index contributed by atoms with van der Waals surface area (Å²) < 4.78 is 48.5. The van der Waals surface area contributed by atoms with Crippen LogP contribution < -0.4 is 5.73 Å². The predicted octanol–water partition coefficient (Wildman–Crippen LogP) is 2.77. The predicted molar refractivity (Wildman–Crippen MR) is 72.9 cm³/mol. The van der Waals surface area contributed by atoms with Gasteiger partial charge in [0.25, 0.3) is 0 Å². The summed E-state index contributed by atoms with van der Waals surface area (Å²) >= 11 is 0. The summed E-state index contributed by atoms with van der Waals surface area (Å²) in [5, 5.41) is 0. The van der Waals surface area contributed by atoms with Crippen molar-refractivity contribution in [2.75, 3.05) is 20.3 Å². The van der Waals surface area contributed by atoms with Gasteiger partial charge in [0.05, 0.1) is 11.2 Å². The van der Waals surface area contributed by atoms with Crippen LogP contribution in [0.4, 0.5) is 13.2 Å². The van der Waals surface area contributed by atoms with Gasteiger partial charge in [-0.1, -0.05) is 12.1 Å². The molecule has 1 atom stereocenters. The first-order chi connectivity index (χ1) is 9.87. The van der Waals surface area contributed by atoms with Crippen LogP contribution in [0.3, 0.4) is 0 Å². The molecule has 3 nitrogen and oxygen atoms in total. The minimum Gasteiger partial charge on any atom is -0.381 e. The van der Waals surface area contributed by atoms with E-state index in [-0.39, 0.29) is 6.04 Å². The van der Waals surface area contributed by atoms with E-state index in [0.29, 0.717) is 32.5 Å². The van der Waals surface area contributed by atoms with E-state index < -0.39 is 17.3 Å². The zero-order valence-corrected chi connectivity index (χ0v) is 12.0. The van der Waals surface area contributed by atoms with Crippen molar-refractivity contribution in [1.29, 1.82) is 0 Å². The van der Waals surface area contributed by atoms with E-state index in [1.807, 2.05) is 0 Å². The third kappa shape index (κ3) is 3.75. The van der Waals surface area contributed by atoms with Gasteiger partial charge >= 0.3 is 6.18 Å². The fourth-order valence-electron chi connectivity index (χ4n) is 2.71. The van der Waals surface area contributed by atoms with Crippen LogP contribution in [0.5, 0.6) is 0 Å². The lowest BCUT2D eigenvalue weighted by Gasteiger charge is -2.40. The maximum atomic E-state index is 12.5. The first-order valence-corrected chi connectivity index (χ1v) is 6.92. The lowest BCUT2D eigenvalue weighted by Crippen LogP contribution is -2.53. The summed E-state index contributed by atoms with van der Waals surface area (Å²) in [6.45, 7) is 1.18. The first-order valence-electron chi connectivity index (χ1n) is 6.92. The molecule has 1 heterocycles. The van der Waals surface area contributed by atoms with Gasteiger partial charge in [-0.15, -0.1) is 0 Å². The van der Waals surface area contributed by atoms with Gasteiger partial charge in [-0.05, 0) is 24.1 Å². The van der Waals surface area contributed by atoms with Gasteiger partial charge in [-0.25, -0.2) is 0 Å². The number of hydrogen-bond donors (Lipinski definition) is 1. The van der Waals surface area contributed by atoms with Crippen molar-refractivity contribution in [3.05, 3.63) is 35.4 Å². The highest BCUT2D eigenvalue weighted by atomic mass is 19.4. The molecule has 0 saturated carbocycles. The Bertz CT molecular complexity index is 453. The van der Waals surface area contributed by atoms with Gasteiger partial charge < -0.3 is 15.2 Å². The molecular weight excluding hydrogens is 283 g/mol. The van der Waals surface area contributed by atoms with Crippen molar-refractivity contribution in [1.82, 2.24) is 0 Å². The van der Waals surface area contributed by atoms with Crippen LogP contribution in [0.1, 0.15) is 24.0 Å². The number of rotatable bonds is 4. The van der Waals surface area contributed by atoms with Crippen molar-refractivity contribution in [2.24, 2.45) is 5.73 Å². The SMILES string of the molecule is COC1(C(N)Cc2ccc(C(F)(F)F)cc2)CCOCC1. The lowest BCUT2D eigenvalue weighted by atomic mass is 9.83. The van der Waals surface area contributed by atoms with Crippen LogP contribution in [0, 0.1) is 0 Å². The average Bonchev–Trinajstić information content (AvgIpc) is 2.47. The number of alkyl halides is 3. The van der Waals surface area contributed by atoms with E-state index in [2.05, 4.69) is 0 Å².